The van der Waals surface area contributed by atoms with Gasteiger partial charge in [0.05, 0.1) is 0 Å². The number of rotatable bonds is 7. The summed E-state index contributed by atoms with van der Waals surface area (Å²) in [6.07, 6.45) is 3.15. The zero-order valence-corrected chi connectivity index (χ0v) is 20.4. The van der Waals surface area contributed by atoms with Crippen LogP contribution in [-0.2, 0) is 6.61 Å². The van der Waals surface area contributed by atoms with Gasteiger partial charge in [-0.1, -0.05) is 42.5 Å². The van der Waals surface area contributed by atoms with E-state index in [4.69, 9.17) is 4.74 Å². The van der Waals surface area contributed by atoms with Gasteiger partial charge in [-0.15, -0.1) is 11.3 Å². The molecule has 0 bridgehead atoms. The second kappa shape index (κ2) is 10.9. The Morgan fingerprint density at radius 1 is 0.889 bits per heavy atom. The van der Waals surface area contributed by atoms with Gasteiger partial charge in [-0.2, -0.15) is 0 Å². The van der Waals surface area contributed by atoms with Crippen molar-refractivity contribution in [1.82, 2.24) is 15.6 Å². The molecule has 3 aromatic carbocycles. The van der Waals surface area contributed by atoms with E-state index in [0.717, 1.165) is 36.5 Å². The molecule has 2 N–H and O–H groups in total. The van der Waals surface area contributed by atoms with Crippen molar-refractivity contribution in [3.63, 3.8) is 0 Å². The molecule has 1 heterocycles. The summed E-state index contributed by atoms with van der Waals surface area (Å²) in [5.74, 6) is -0.577. The van der Waals surface area contributed by atoms with E-state index in [1.165, 1.54) is 17.4 Å². The lowest BCUT2D eigenvalue weighted by Crippen LogP contribution is -2.43. The minimum absolute atomic E-state index is 0.0335. The molecule has 1 fully saturated rings. The number of fused-ring (bicyclic) bond motifs is 1. The fourth-order valence-electron chi connectivity index (χ4n) is 4.42. The lowest BCUT2D eigenvalue weighted by Gasteiger charge is -2.29. The Kier molecular flexibility index (Phi) is 7.23. The summed E-state index contributed by atoms with van der Waals surface area (Å²) < 4.78 is 19.2. The average molecular weight is 504 g/mol. The third kappa shape index (κ3) is 5.71. The molecule has 0 unspecified atom stereocenters. The van der Waals surface area contributed by atoms with E-state index in [-0.39, 0.29) is 36.3 Å². The maximum atomic E-state index is 13.7. The topological polar surface area (TPSA) is 80.3 Å². The summed E-state index contributed by atoms with van der Waals surface area (Å²) >= 11 is 1.30. The van der Waals surface area contributed by atoms with Gasteiger partial charge in [-0.25, -0.2) is 9.37 Å². The summed E-state index contributed by atoms with van der Waals surface area (Å²) in [6.45, 7) is 0.0981. The van der Waals surface area contributed by atoms with Gasteiger partial charge >= 0.3 is 0 Å². The van der Waals surface area contributed by atoms with E-state index in [1.807, 2.05) is 42.5 Å². The number of nitrogens with one attached hydrogen (secondary N) is 2. The molecular weight excluding hydrogens is 477 g/mol. The molecule has 1 saturated carbocycles. The average Bonchev–Trinajstić information content (AvgIpc) is 3.38. The number of carbonyl (C=O) groups excluding carboxylic acids is 2. The van der Waals surface area contributed by atoms with Crippen molar-refractivity contribution >= 4 is 33.9 Å². The smallest absolute Gasteiger partial charge is 0.270 e. The Morgan fingerprint density at radius 2 is 1.56 bits per heavy atom. The first-order chi connectivity index (χ1) is 17.5. The SMILES string of the molecule is O=C(NC1CCC(NC(=O)c2csc(COc3ccccc3F)n2)CC1)c1ccc2ccccc2c1. The molecule has 5 rings (SSSR count). The lowest BCUT2D eigenvalue weighted by molar-refractivity contribution is 0.0889. The minimum Gasteiger partial charge on any atom is -0.483 e. The van der Waals surface area contributed by atoms with Crippen LogP contribution in [0.5, 0.6) is 5.75 Å². The Morgan fingerprint density at radius 3 is 2.31 bits per heavy atom. The minimum atomic E-state index is -0.434. The van der Waals surface area contributed by atoms with E-state index in [0.29, 0.717) is 16.3 Å². The van der Waals surface area contributed by atoms with E-state index in [1.54, 1.807) is 23.6 Å². The zero-order chi connectivity index (χ0) is 24.9. The third-order valence-corrected chi connectivity index (χ3v) is 7.20. The maximum Gasteiger partial charge on any atom is 0.270 e. The van der Waals surface area contributed by atoms with Gasteiger partial charge < -0.3 is 15.4 Å². The zero-order valence-electron chi connectivity index (χ0n) is 19.6. The van der Waals surface area contributed by atoms with Crippen LogP contribution in [0.2, 0.25) is 0 Å². The predicted molar refractivity (Wildman–Crippen MR) is 138 cm³/mol. The molecule has 6 nitrogen and oxygen atoms in total. The summed E-state index contributed by atoms with van der Waals surface area (Å²) in [5, 5.41) is 10.6. The molecule has 0 saturated heterocycles. The molecule has 36 heavy (non-hydrogen) atoms. The number of hydrogen-bond acceptors (Lipinski definition) is 5. The summed E-state index contributed by atoms with van der Waals surface area (Å²) in [5.41, 5.74) is 0.987. The Hall–Kier alpha value is -3.78. The third-order valence-electron chi connectivity index (χ3n) is 6.38. The van der Waals surface area contributed by atoms with Crippen LogP contribution in [0.3, 0.4) is 0 Å². The first kappa shape index (κ1) is 23.9. The highest BCUT2D eigenvalue weighted by Crippen LogP contribution is 2.22. The monoisotopic (exact) mass is 503 g/mol. The van der Waals surface area contributed by atoms with Gasteiger partial charge in [0.25, 0.3) is 11.8 Å². The molecule has 184 valence electrons. The van der Waals surface area contributed by atoms with E-state index < -0.39 is 5.82 Å². The number of thiazole rings is 1. The number of ether oxygens (including phenoxy) is 1. The first-order valence-corrected chi connectivity index (χ1v) is 12.9. The molecule has 8 heteroatoms. The highest BCUT2D eigenvalue weighted by atomic mass is 32.1. The molecular formula is C28H26FN3O3S. The molecule has 0 atom stereocenters. The highest BCUT2D eigenvalue weighted by molar-refractivity contribution is 7.09. The van der Waals surface area contributed by atoms with Gasteiger partial charge in [0.2, 0.25) is 0 Å². The maximum absolute atomic E-state index is 13.7. The van der Waals surface area contributed by atoms with Gasteiger partial charge in [0.15, 0.2) is 11.6 Å². The lowest BCUT2D eigenvalue weighted by atomic mass is 9.91. The Labute approximate surface area is 212 Å². The van der Waals surface area contributed by atoms with Crippen LogP contribution in [0.25, 0.3) is 10.8 Å². The number of carbonyl (C=O) groups is 2. The molecule has 0 aliphatic heterocycles. The van der Waals surface area contributed by atoms with Crippen molar-refractivity contribution in [3.05, 3.63) is 94.2 Å². The number of hydrogen-bond donors (Lipinski definition) is 2. The van der Waals surface area contributed by atoms with Crippen molar-refractivity contribution in [2.24, 2.45) is 0 Å². The van der Waals surface area contributed by atoms with Gasteiger partial charge in [-0.3, -0.25) is 9.59 Å². The molecule has 2 amide bonds. The number of nitrogens with zero attached hydrogens (tertiary/aromatic N) is 1. The fourth-order valence-corrected chi connectivity index (χ4v) is 5.11. The summed E-state index contributed by atoms with van der Waals surface area (Å²) in [7, 11) is 0. The molecule has 0 spiro atoms. The van der Waals surface area contributed by atoms with E-state index in [9.17, 15) is 14.0 Å². The number of aromatic nitrogens is 1. The number of benzene rings is 3. The van der Waals surface area contributed by atoms with E-state index >= 15 is 0 Å². The number of para-hydroxylation sites is 1. The Balaban J connectivity index is 1.08. The van der Waals surface area contributed by atoms with Crippen molar-refractivity contribution in [2.75, 3.05) is 0 Å². The fraction of sp³-hybridized carbons (Fsp3) is 0.250. The number of amides is 2. The quantitative estimate of drug-likeness (QED) is 0.350. The largest absolute Gasteiger partial charge is 0.483 e. The second-order valence-corrected chi connectivity index (χ2v) is 9.85. The summed E-state index contributed by atoms with van der Waals surface area (Å²) in [6, 6.07) is 20.0. The van der Waals surface area contributed by atoms with Crippen LogP contribution in [0.1, 0.15) is 51.5 Å². The highest BCUT2D eigenvalue weighted by Gasteiger charge is 2.25. The van der Waals surface area contributed by atoms with Crippen LogP contribution in [0, 0.1) is 5.82 Å². The molecule has 4 aromatic rings. The van der Waals surface area contributed by atoms with E-state index in [2.05, 4.69) is 15.6 Å². The van der Waals surface area contributed by atoms with Gasteiger partial charge in [0.1, 0.15) is 17.3 Å². The molecule has 1 aliphatic rings. The first-order valence-electron chi connectivity index (χ1n) is 12.0. The van der Waals surface area contributed by atoms with Gasteiger partial charge in [0, 0.05) is 23.0 Å². The predicted octanol–water partition coefficient (Wildman–Crippen LogP) is 5.49. The van der Waals surface area contributed by atoms with Crippen LogP contribution in [-0.4, -0.2) is 28.9 Å². The van der Waals surface area contributed by atoms with Crippen molar-refractivity contribution in [3.8, 4) is 5.75 Å². The molecule has 0 radical (unpaired) electrons. The molecule has 1 aromatic heterocycles. The van der Waals surface area contributed by atoms with Crippen molar-refractivity contribution < 1.29 is 18.7 Å². The summed E-state index contributed by atoms with van der Waals surface area (Å²) in [4.78, 5) is 29.7. The standard InChI is InChI=1S/C28H26FN3O3S/c29-23-7-3-4-8-25(23)35-16-26-32-24(17-36-26)28(34)31-22-13-11-21(12-14-22)30-27(33)20-10-9-18-5-1-2-6-19(18)15-20/h1-10,15,17,21-22H,11-14,16H2,(H,30,33)(H,31,34). The van der Waals surface area contributed by atoms with Crippen molar-refractivity contribution in [1.29, 1.82) is 0 Å². The van der Waals surface area contributed by atoms with Crippen LogP contribution >= 0.6 is 11.3 Å². The Bertz CT molecular complexity index is 1380. The van der Waals surface area contributed by atoms with Crippen LogP contribution in [0.4, 0.5) is 4.39 Å². The normalized spacial score (nSPS) is 17.5. The van der Waals surface area contributed by atoms with Crippen LogP contribution in [0.15, 0.2) is 72.1 Å². The molecule has 1 aliphatic carbocycles. The second-order valence-electron chi connectivity index (χ2n) is 8.90. The number of halogens is 1. The van der Waals surface area contributed by atoms with Gasteiger partial charge in [-0.05, 0) is 60.7 Å². The van der Waals surface area contributed by atoms with Crippen LogP contribution < -0.4 is 15.4 Å². The van der Waals surface area contributed by atoms with Crippen molar-refractivity contribution in [2.45, 2.75) is 44.4 Å².